The summed E-state index contributed by atoms with van der Waals surface area (Å²) in [6, 6.07) is 115. The molecule has 0 aliphatic heterocycles. The fourth-order valence-electron chi connectivity index (χ4n) is 12.9. The van der Waals surface area contributed by atoms with Gasteiger partial charge in [0.25, 0.3) is 0 Å². The Morgan fingerprint density at radius 2 is 0.783 bits per heavy atom. The zero-order valence-corrected chi connectivity index (χ0v) is 45.3. The minimum atomic E-state index is 0.867. The van der Waals surface area contributed by atoms with Crippen molar-refractivity contribution in [2.45, 2.75) is 0 Å². The molecular weight excluding hydrogens is 1000 g/mol. The van der Waals surface area contributed by atoms with Crippen LogP contribution in [0.5, 0.6) is 0 Å². The Labute approximate surface area is 481 Å². The first-order valence-corrected chi connectivity index (χ1v) is 28.5. The molecule has 2 aromatic heterocycles. The molecule has 0 unspecified atom stereocenters. The lowest BCUT2D eigenvalue weighted by molar-refractivity contribution is 0.669. The molecule has 16 aromatic rings. The molecule has 83 heavy (non-hydrogen) atoms. The van der Waals surface area contributed by atoms with Crippen molar-refractivity contribution in [3.63, 3.8) is 0 Å². The predicted octanol–water partition coefficient (Wildman–Crippen LogP) is 22.5. The standard InChI is InChI=1S/C80H52N2O/c1-3-20-53(21-4-1)58-42-46-69-68-33-12-15-38-76(68)82(77(69)50-58)75-37-14-11-32-66(75)57-40-44-61(45-41-57)81(62-29-17-28-59(48-62)65-35-18-26-54-24-7-9-30-63(54)65)78-52-71(60-43-47-80-74(49-60)70-34-13-16-39-79(70)83-80)73(51-72(78)56-22-5-2-6-23-56)67-36-19-27-55-25-8-10-31-64(55)67/h1-52H. The van der Waals surface area contributed by atoms with Gasteiger partial charge in [-0.3, -0.25) is 0 Å². The molecule has 0 bridgehead atoms. The Morgan fingerprint density at radius 3 is 1.58 bits per heavy atom. The number of anilines is 3. The number of hydrogen-bond acceptors (Lipinski definition) is 2. The average Bonchev–Trinajstić information content (AvgIpc) is 4.35. The number of furan rings is 1. The minimum Gasteiger partial charge on any atom is -0.456 e. The van der Waals surface area contributed by atoms with Crippen LogP contribution in [0, 0.1) is 0 Å². The van der Waals surface area contributed by atoms with Gasteiger partial charge in [0.1, 0.15) is 11.2 Å². The highest BCUT2D eigenvalue weighted by Crippen LogP contribution is 2.50. The third-order valence-electron chi connectivity index (χ3n) is 16.8. The maximum atomic E-state index is 6.46. The number of fused-ring (bicyclic) bond motifs is 8. The second-order valence-corrected chi connectivity index (χ2v) is 21.5. The SMILES string of the molecule is c1ccc(-c2ccc3c4ccccc4n(-c4ccccc4-c4ccc(N(c5cccc(-c6cccc7ccccc67)c5)c5cc(-c6ccc7oc8ccccc8c7c6)c(-c6cccc7ccccc67)cc5-c5ccccc5)cc4)c3c2)cc1. The molecule has 2 heterocycles. The summed E-state index contributed by atoms with van der Waals surface area (Å²) in [5, 5.41) is 9.46. The Kier molecular flexibility index (Phi) is 11.5. The van der Waals surface area contributed by atoms with Gasteiger partial charge in [-0.15, -0.1) is 0 Å². The van der Waals surface area contributed by atoms with Crippen molar-refractivity contribution in [1.82, 2.24) is 4.57 Å². The molecule has 14 aromatic carbocycles. The van der Waals surface area contributed by atoms with Crippen molar-refractivity contribution in [2.75, 3.05) is 4.90 Å². The summed E-state index contributed by atoms with van der Waals surface area (Å²) in [7, 11) is 0. The first-order chi connectivity index (χ1) is 41.2. The molecule has 0 aliphatic carbocycles. The van der Waals surface area contributed by atoms with Gasteiger partial charge in [0.2, 0.25) is 0 Å². The van der Waals surface area contributed by atoms with Crippen molar-refractivity contribution in [2.24, 2.45) is 0 Å². The van der Waals surface area contributed by atoms with Crippen LogP contribution in [0.15, 0.2) is 320 Å². The number of rotatable bonds is 10. The molecule has 0 radical (unpaired) electrons. The molecule has 0 saturated heterocycles. The largest absolute Gasteiger partial charge is 0.456 e. The summed E-state index contributed by atoms with van der Waals surface area (Å²) >= 11 is 0. The maximum Gasteiger partial charge on any atom is 0.135 e. The van der Waals surface area contributed by atoms with Crippen molar-refractivity contribution >= 4 is 82.4 Å². The minimum absolute atomic E-state index is 0.867. The summed E-state index contributed by atoms with van der Waals surface area (Å²) in [6.07, 6.45) is 0. The van der Waals surface area contributed by atoms with Gasteiger partial charge in [-0.2, -0.15) is 0 Å². The predicted molar refractivity (Wildman–Crippen MR) is 350 cm³/mol. The van der Waals surface area contributed by atoms with E-state index in [0.717, 1.165) is 89.2 Å². The van der Waals surface area contributed by atoms with Crippen molar-refractivity contribution in [3.8, 4) is 72.4 Å². The Morgan fingerprint density at radius 1 is 0.241 bits per heavy atom. The van der Waals surface area contributed by atoms with E-state index in [1.54, 1.807) is 0 Å². The lowest BCUT2D eigenvalue weighted by Crippen LogP contribution is -2.12. The Bertz CT molecular complexity index is 5140. The summed E-state index contributed by atoms with van der Waals surface area (Å²) in [6.45, 7) is 0. The van der Waals surface area contributed by atoms with Gasteiger partial charge < -0.3 is 13.9 Å². The molecule has 0 spiro atoms. The number of aromatic nitrogens is 1. The van der Waals surface area contributed by atoms with E-state index in [4.69, 9.17) is 4.42 Å². The van der Waals surface area contributed by atoms with E-state index in [9.17, 15) is 0 Å². The van der Waals surface area contributed by atoms with Gasteiger partial charge in [0.05, 0.1) is 22.4 Å². The zero-order valence-electron chi connectivity index (χ0n) is 45.3. The zero-order chi connectivity index (χ0) is 54.8. The van der Waals surface area contributed by atoms with Gasteiger partial charge in [0, 0.05) is 44.0 Å². The van der Waals surface area contributed by atoms with E-state index < -0.39 is 0 Å². The van der Waals surface area contributed by atoms with Crippen LogP contribution in [0.3, 0.4) is 0 Å². The normalized spacial score (nSPS) is 11.6. The molecule has 0 N–H and O–H groups in total. The molecular formula is C80H52N2O. The second kappa shape index (κ2) is 20.0. The highest BCUT2D eigenvalue weighted by Gasteiger charge is 2.25. The lowest BCUT2D eigenvalue weighted by atomic mass is 9.87. The van der Waals surface area contributed by atoms with Crippen LogP contribution < -0.4 is 4.90 Å². The number of hydrogen-bond donors (Lipinski definition) is 0. The molecule has 388 valence electrons. The molecule has 16 rings (SSSR count). The monoisotopic (exact) mass is 1060 g/mol. The van der Waals surface area contributed by atoms with E-state index in [0.29, 0.717) is 0 Å². The molecule has 0 saturated carbocycles. The molecule has 3 heteroatoms. The van der Waals surface area contributed by atoms with E-state index in [2.05, 4.69) is 319 Å². The summed E-state index contributed by atoms with van der Waals surface area (Å²) < 4.78 is 8.92. The van der Waals surface area contributed by atoms with Crippen LogP contribution >= 0.6 is 0 Å². The van der Waals surface area contributed by atoms with Crippen LogP contribution in [-0.2, 0) is 0 Å². The molecule has 0 atom stereocenters. The average molecular weight is 1060 g/mol. The summed E-state index contributed by atoms with van der Waals surface area (Å²) in [5.74, 6) is 0. The first kappa shape index (κ1) is 48.0. The van der Waals surface area contributed by atoms with Crippen molar-refractivity contribution in [1.29, 1.82) is 0 Å². The molecule has 3 nitrogen and oxygen atoms in total. The van der Waals surface area contributed by atoms with Gasteiger partial charge in [-0.05, 0) is 150 Å². The number of para-hydroxylation sites is 3. The molecule has 0 fully saturated rings. The molecule has 0 aliphatic rings. The lowest BCUT2D eigenvalue weighted by Gasteiger charge is -2.30. The van der Waals surface area contributed by atoms with Crippen molar-refractivity contribution in [3.05, 3.63) is 315 Å². The van der Waals surface area contributed by atoms with Crippen molar-refractivity contribution < 1.29 is 4.42 Å². The fraction of sp³-hybridized carbons (Fsp3) is 0. The van der Waals surface area contributed by atoms with Crippen LogP contribution in [0.2, 0.25) is 0 Å². The quantitative estimate of drug-likeness (QED) is 0.136. The van der Waals surface area contributed by atoms with E-state index in [1.165, 1.54) is 65.6 Å². The van der Waals surface area contributed by atoms with E-state index in [-0.39, 0.29) is 0 Å². The maximum absolute atomic E-state index is 6.46. The summed E-state index contributed by atoms with van der Waals surface area (Å²) in [5.41, 5.74) is 22.1. The highest BCUT2D eigenvalue weighted by atomic mass is 16.3. The number of nitrogens with zero attached hydrogens (tertiary/aromatic N) is 2. The highest BCUT2D eigenvalue weighted by molar-refractivity contribution is 6.12. The summed E-state index contributed by atoms with van der Waals surface area (Å²) in [4.78, 5) is 2.48. The van der Waals surface area contributed by atoms with Crippen LogP contribution in [0.1, 0.15) is 0 Å². The Hall–Kier alpha value is -11.0. The molecule has 0 amide bonds. The Balaban J connectivity index is 0.936. The van der Waals surface area contributed by atoms with E-state index >= 15 is 0 Å². The third-order valence-corrected chi connectivity index (χ3v) is 16.8. The van der Waals surface area contributed by atoms with Crippen LogP contribution in [0.4, 0.5) is 17.1 Å². The van der Waals surface area contributed by atoms with Crippen LogP contribution in [-0.4, -0.2) is 4.57 Å². The van der Waals surface area contributed by atoms with Gasteiger partial charge in [-0.25, -0.2) is 0 Å². The van der Waals surface area contributed by atoms with Gasteiger partial charge in [-0.1, -0.05) is 243 Å². The third kappa shape index (κ3) is 8.28. The van der Waals surface area contributed by atoms with Crippen LogP contribution in [0.25, 0.3) is 138 Å². The smallest absolute Gasteiger partial charge is 0.135 e. The second-order valence-electron chi connectivity index (χ2n) is 21.5. The van der Waals surface area contributed by atoms with Gasteiger partial charge in [0.15, 0.2) is 0 Å². The number of benzene rings is 14. The fourth-order valence-corrected chi connectivity index (χ4v) is 12.9. The van der Waals surface area contributed by atoms with E-state index in [1.807, 2.05) is 6.07 Å². The first-order valence-electron chi connectivity index (χ1n) is 28.5. The topological polar surface area (TPSA) is 21.3 Å². The van der Waals surface area contributed by atoms with Gasteiger partial charge >= 0.3 is 0 Å².